The van der Waals surface area contributed by atoms with Gasteiger partial charge in [0.2, 0.25) is 0 Å². The number of carbonyl (C=O) groups is 1. The first-order valence-corrected chi connectivity index (χ1v) is 8.18. The molecule has 0 aliphatic carbocycles. The highest BCUT2D eigenvalue weighted by molar-refractivity contribution is 9.10. The van der Waals surface area contributed by atoms with Gasteiger partial charge >= 0.3 is 6.09 Å². The first-order chi connectivity index (χ1) is 10.2. The third-order valence-electron chi connectivity index (χ3n) is 3.41. The van der Waals surface area contributed by atoms with Crippen LogP contribution in [0.3, 0.4) is 0 Å². The number of nitrogens with zero attached hydrogens (tertiary/aromatic N) is 2. The van der Waals surface area contributed by atoms with Gasteiger partial charge < -0.3 is 9.64 Å². The number of carbonyl (C=O) groups excluding carboxylic acids is 1. The van der Waals surface area contributed by atoms with Crippen molar-refractivity contribution in [3.8, 4) is 0 Å². The van der Waals surface area contributed by atoms with Crippen LogP contribution < -0.4 is 0 Å². The molecule has 0 bridgehead atoms. The lowest BCUT2D eigenvalue weighted by atomic mass is 10.2. The van der Waals surface area contributed by atoms with Gasteiger partial charge in [-0.2, -0.15) is 0 Å². The minimum absolute atomic E-state index is 0.251. The van der Waals surface area contributed by atoms with Crippen molar-refractivity contribution in [3.63, 3.8) is 0 Å². The first kappa shape index (κ1) is 17.2. The zero-order valence-electron chi connectivity index (χ0n) is 13.2. The van der Waals surface area contributed by atoms with Crippen LogP contribution in [-0.2, 0) is 11.3 Å². The molecule has 6 heteroatoms. The van der Waals surface area contributed by atoms with E-state index in [1.54, 1.807) is 17.0 Å². The highest BCUT2D eigenvalue weighted by Crippen LogP contribution is 2.19. The zero-order chi connectivity index (χ0) is 16.3. The Hall–Kier alpha value is -1.14. The summed E-state index contributed by atoms with van der Waals surface area (Å²) in [6.45, 7) is 9.23. The van der Waals surface area contributed by atoms with Crippen LogP contribution in [0.15, 0.2) is 22.7 Å². The number of rotatable bonds is 2. The number of hydrogen-bond donors (Lipinski definition) is 0. The molecule has 1 heterocycles. The van der Waals surface area contributed by atoms with Crippen LogP contribution in [-0.4, -0.2) is 47.7 Å². The summed E-state index contributed by atoms with van der Waals surface area (Å²) in [4.78, 5) is 16.0. The second-order valence-corrected chi connectivity index (χ2v) is 7.35. The monoisotopic (exact) mass is 372 g/mol. The van der Waals surface area contributed by atoms with Gasteiger partial charge in [-0.1, -0.05) is 6.07 Å². The third kappa shape index (κ3) is 4.95. The molecule has 1 saturated heterocycles. The lowest BCUT2D eigenvalue weighted by Gasteiger charge is -2.35. The maximum Gasteiger partial charge on any atom is 0.410 e. The molecule has 1 amide bonds. The van der Waals surface area contributed by atoms with Crippen molar-refractivity contribution in [2.75, 3.05) is 26.2 Å². The summed E-state index contributed by atoms with van der Waals surface area (Å²) in [5.74, 6) is -0.251. The molecule has 0 saturated carbocycles. The Morgan fingerprint density at radius 3 is 2.45 bits per heavy atom. The molecule has 0 spiro atoms. The molecular formula is C16H22BrFN2O2. The molecule has 1 fully saturated rings. The van der Waals surface area contributed by atoms with Gasteiger partial charge in [-0.3, -0.25) is 4.90 Å². The predicted octanol–water partition coefficient (Wildman–Crippen LogP) is 3.64. The van der Waals surface area contributed by atoms with Crippen molar-refractivity contribution >= 4 is 22.0 Å². The fraction of sp³-hybridized carbons (Fsp3) is 0.562. The van der Waals surface area contributed by atoms with Crippen molar-refractivity contribution in [1.29, 1.82) is 0 Å². The zero-order valence-corrected chi connectivity index (χ0v) is 14.8. The van der Waals surface area contributed by atoms with Crippen LogP contribution in [0.4, 0.5) is 9.18 Å². The van der Waals surface area contributed by atoms with E-state index in [2.05, 4.69) is 20.8 Å². The van der Waals surface area contributed by atoms with Gasteiger partial charge in [0.25, 0.3) is 0 Å². The van der Waals surface area contributed by atoms with E-state index in [4.69, 9.17) is 4.74 Å². The predicted molar refractivity (Wildman–Crippen MR) is 87.2 cm³/mol. The Morgan fingerprint density at radius 1 is 1.27 bits per heavy atom. The molecule has 1 aromatic rings. The number of piperazine rings is 1. The summed E-state index contributed by atoms with van der Waals surface area (Å²) in [6.07, 6.45) is -0.253. The highest BCUT2D eigenvalue weighted by atomic mass is 79.9. The lowest BCUT2D eigenvalue weighted by molar-refractivity contribution is 0.0139. The van der Waals surface area contributed by atoms with E-state index >= 15 is 0 Å². The fourth-order valence-corrected chi connectivity index (χ4v) is 2.74. The number of hydrogen-bond acceptors (Lipinski definition) is 3. The van der Waals surface area contributed by atoms with Crippen molar-refractivity contribution in [1.82, 2.24) is 9.80 Å². The Morgan fingerprint density at radius 2 is 1.91 bits per heavy atom. The fourth-order valence-electron chi connectivity index (χ4n) is 2.31. The molecule has 1 aliphatic heterocycles. The van der Waals surface area contributed by atoms with Crippen LogP contribution >= 0.6 is 15.9 Å². The van der Waals surface area contributed by atoms with Crippen LogP contribution in [0.2, 0.25) is 0 Å². The van der Waals surface area contributed by atoms with E-state index in [1.165, 1.54) is 6.07 Å². The molecule has 0 radical (unpaired) electrons. The number of ether oxygens (including phenoxy) is 1. The van der Waals surface area contributed by atoms with E-state index in [1.807, 2.05) is 20.8 Å². The van der Waals surface area contributed by atoms with Crippen LogP contribution in [0, 0.1) is 5.82 Å². The van der Waals surface area contributed by atoms with Gasteiger partial charge in [0, 0.05) is 32.7 Å². The number of halogens is 2. The summed E-state index contributed by atoms with van der Waals surface area (Å²) in [6, 6.07) is 5.06. The Labute approximate surface area is 139 Å². The second kappa shape index (κ2) is 6.96. The molecule has 0 aromatic heterocycles. The van der Waals surface area contributed by atoms with Gasteiger partial charge in [-0.05, 0) is 54.4 Å². The molecule has 22 heavy (non-hydrogen) atoms. The van der Waals surface area contributed by atoms with Crippen LogP contribution in [0.1, 0.15) is 26.3 Å². The third-order valence-corrected chi connectivity index (χ3v) is 4.02. The SMILES string of the molecule is CC(C)(C)OC(=O)N1CCN(Cc2ccc(F)c(Br)c2)CC1. The topological polar surface area (TPSA) is 32.8 Å². The average molecular weight is 373 g/mol. The molecule has 0 N–H and O–H groups in total. The molecular weight excluding hydrogens is 351 g/mol. The van der Waals surface area contributed by atoms with E-state index in [0.29, 0.717) is 17.6 Å². The first-order valence-electron chi connectivity index (χ1n) is 7.39. The van der Waals surface area contributed by atoms with E-state index < -0.39 is 5.60 Å². The molecule has 1 aliphatic rings. The number of benzene rings is 1. The Balaban J connectivity index is 1.84. The van der Waals surface area contributed by atoms with Gasteiger partial charge in [0.15, 0.2) is 0 Å². The maximum atomic E-state index is 13.2. The Kier molecular flexibility index (Phi) is 5.45. The van der Waals surface area contributed by atoms with E-state index in [-0.39, 0.29) is 11.9 Å². The van der Waals surface area contributed by atoms with Gasteiger partial charge in [0.05, 0.1) is 4.47 Å². The molecule has 122 valence electrons. The van der Waals surface area contributed by atoms with E-state index in [0.717, 1.165) is 25.2 Å². The quantitative estimate of drug-likeness (QED) is 0.794. The van der Waals surface area contributed by atoms with Gasteiger partial charge in [-0.25, -0.2) is 9.18 Å². The van der Waals surface area contributed by atoms with Crippen molar-refractivity contribution in [3.05, 3.63) is 34.1 Å². The smallest absolute Gasteiger partial charge is 0.410 e. The van der Waals surface area contributed by atoms with E-state index in [9.17, 15) is 9.18 Å². The van der Waals surface area contributed by atoms with Gasteiger partial charge in [0.1, 0.15) is 11.4 Å². The van der Waals surface area contributed by atoms with Crippen LogP contribution in [0.25, 0.3) is 0 Å². The second-order valence-electron chi connectivity index (χ2n) is 6.49. The standard InChI is InChI=1S/C16H22BrFN2O2/c1-16(2,3)22-15(21)20-8-6-19(7-9-20)11-12-4-5-14(18)13(17)10-12/h4-5,10H,6-9,11H2,1-3H3. The number of amides is 1. The minimum Gasteiger partial charge on any atom is -0.444 e. The van der Waals surface area contributed by atoms with Gasteiger partial charge in [-0.15, -0.1) is 0 Å². The molecule has 1 aromatic carbocycles. The van der Waals surface area contributed by atoms with Crippen LogP contribution in [0.5, 0.6) is 0 Å². The minimum atomic E-state index is -0.464. The normalized spacial score (nSPS) is 16.7. The average Bonchev–Trinajstić information content (AvgIpc) is 2.42. The largest absolute Gasteiger partial charge is 0.444 e. The summed E-state index contributed by atoms with van der Waals surface area (Å²) in [5.41, 5.74) is 0.591. The van der Waals surface area contributed by atoms with Crippen molar-refractivity contribution in [2.24, 2.45) is 0 Å². The molecule has 2 rings (SSSR count). The molecule has 0 unspecified atom stereocenters. The Bertz CT molecular complexity index is 537. The van der Waals surface area contributed by atoms with Crippen molar-refractivity contribution in [2.45, 2.75) is 32.9 Å². The molecule has 0 atom stereocenters. The maximum absolute atomic E-state index is 13.2. The summed E-state index contributed by atoms with van der Waals surface area (Å²) < 4.78 is 19.1. The summed E-state index contributed by atoms with van der Waals surface area (Å²) >= 11 is 3.20. The molecule has 4 nitrogen and oxygen atoms in total. The summed E-state index contributed by atoms with van der Waals surface area (Å²) in [7, 11) is 0. The lowest BCUT2D eigenvalue weighted by Crippen LogP contribution is -2.49. The van der Waals surface area contributed by atoms with Crippen molar-refractivity contribution < 1.29 is 13.9 Å². The summed E-state index contributed by atoms with van der Waals surface area (Å²) in [5, 5.41) is 0. The highest BCUT2D eigenvalue weighted by Gasteiger charge is 2.25.